The normalized spacial score (nSPS) is 19.9. The highest BCUT2D eigenvalue weighted by Crippen LogP contribution is 2.25. The van der Waals surface area contributed by atoms with Gasteiger partial charge >= 0.3 is 6.03 Å². The number of benzene rings is 1. The Balaban J connectivity index is 2.09. The maximum atomic E-state index is 12.2. The quantitative estimate of drug-likeness (QED) is 0.756. The molecule has 1 heterocycles. The van der Waals surface area contributed by atoms with E-state index >= 15 is 0 Å². The van der Waals surface area contributed by atoms with Gasteiger partial charge < -0.3 is 14.8 Å². The van der Waals surface area contributed by atoms with Crippen molar-refractivity contribution in [2.75, 3.05) is 14.2 Å². The molecule has 0 bridgehead atoms. The van der Waals surface area contributed by atoms with Crippen molar-refractivity contribution in [2.24, 2.45) is 0 Å². The highest BCUT2D eigenvalue weighted by atomic mass is 16.5. The predicted octanol–water partition coefficient (Wildman–Crippen LogP) is 0.998. The second-order valence-corrected chi connectivity index (χ2v) is 5.65. The highest BCUT2D eigenvalue weighted by Gasteiger charge is 2.47. The molecular formula is C16H21N3O5. The summed E-state index contributed by atoms with van der Waals surface area (Å²) in [6.07, 6.45) is 0.378. The van der Waals surface area contributed by atoms with Crippen LogP contribution in [0.4, 0.5) is 4.79 Å². The van der Waals surface area contributed by atoms with Crippen LogP contribution in [0.25, 0.3) is 0 Å². The number of nitrogens with one attached hydrogen (secondary N) is 2. The SMILES string of the molecule is CCC1(C)NC(=O)N(NC(=O)Cc2ccc(OC)cc2OC)C1=O. The molecule has 1 saturated heterocycles. The number of carbonyl (C=O) groups excluding carboxylic acids is 3. The molecule has 1 aromatic carbocycles. The van der Waals surface area contributed by atoms with Crippen LogP contribution in [0, 0.1) is 0 Å². The zero-order chi connectivity index (χ0) is 17.9. The molecule has 1 fully saturated rings. The lowest BCUT2D eigenvalue weighted by Crippen LogP contribution is -2.49. The van der Waals surface area contributed by atoms with Crippen molar-refractivity contribution in [3.63, 3.8) is 0 Å². The molecule has 0 aliphatic carbocycles. The van der Waals surface area contributed by atoms with Crippen LogP contribution in [-0.4, -0.2) is 42.6 Å². The van der Waals surface area contributed by atoms with Crippen LogP contribution in [0.5, 0.6) is 11.5 Å². The molecule has 1 aromatic rings. The Labute approximate surface area is 140 Å². The van der Waals surface area contributed by atoms with Gasteiger partial charge in [0, 0.05) is 11.6 Å². The van der Waals surface area contributed by atoms with Gasteiger partial charge in [0.15, 0.2) is 0 Å². The maximum absolute atomic E-state index is 12.2. The summed E-state index contributed by atoms with van der Waals surface area (Å²) in [5, 5.41) is 3.29. The van der Waals surface area contributed by atoms with E-state index < -0.39 is 23.4 Å². The lowest BCUT2D eigenvalue weighted by molar-refractivity contribution is -0.138. The van der Waals surface area contributed by atoms with E-state index in [1.807, 2.05) is 0 Å². The van der Waals surface area contributed by atoms with Gasteiger partial charge in [-0.3, -0.25) is 15.0 Å². The lowest BCUT2D eigenvalue weighted by Gasteiger charge is -2.19. The van der Waals surface area contributed by atoms with Gasteiger partial charge in [0.05, 0.1) is 20.6 Å². The van der Waals surface area contributed by atoms with E-state index in [1.54, 1.807) is 32.0 Å². The third-order valence-electron chi connectivity index (χ3n) is 4.05. The summed E-state index contributed by atoms with van der Waals surface area (Å²) in [4.78, 5) is 36.4. The molecule has 1 unspecified atom stereocenters. The van der Waals surface area contributed by atoms with Crippen molar-refractivity contribution >= 4 is 17.8 Å². The summed E-state index contributed by atoms with van der Waals surface area (Å²) in [5.74, 6) is 0.108. The number of nitrogens with zero attached hydrogens (tertiary/aromatic N) is 1. The van der Waals surface area contributed by atoms with Crippen molar-refractivity contribution in [3.8, 4) is 11.5 Å². The minimum atomic E-state index is -0.998. The maximum Gasteiger partial charge on any atom is 0.344 e. The predicted molar refractivity (Wildman–Crippen MR) is 85.5 cm³/mol. The Hall–Kier alpha value is -2.77. The standard InChI is InChI=1S/C16H21N3O5/c1-5-16(2)14(21)19(15(22)17-16)18-13(20)8-10-6-7-11(23-3)9-12(10)24-4/h6-7,9H,5,8H2,1-4H3,(H,17,22)(H,18,20). The van der Waals surface area contributed by atoms with E-state index in [0.29, 0.717) is 23.5 Å². The minimum absolute atomic E-state index is 0.0485. The fourth-order valence-electron chi connectivity index (χ4n) is 2.36. The molecule has 8 nitrogen and oxygen atoms in total. The van der Waals surface area contributed by atoms with Crippen molar-refractivity contribution in [2.45, 2.75) is 32.2 Å². The summed E-state index contributed by atoms with van der Waals surface area (Å²) >= 11 is 0. The number of ether oxygens (including phenoxy) is 2. The molecule has 1 aliphatic rings. The number of hydrogen-bond acceptors (Lipinski definition) is 5. The molecule has 2 rings (SSSR count). The van der Waals surface area contributed by atoms with Crippen molar-refractivity contribution in [1.82, 2.24) is 15.8 Å². The third-order valence-corrected chi connectivity index (χ3v) is 4.05. The van der Waals surface area contributed by atoms with Crippen LogP contribution < -0.4 is 20.2 Å². The fourth-order valence-corrected chi connectivity index (χ4v) is 2.36. The van der Waals surface area contributed by atoms with Gasteiger partial charge in [-0.15, -0.1) is 0 Å². The molecule has 130 valence electrons. The number of hydrogen-bond donors (Lipinski definition) is 2. The van der Waals surface area contributed by atoms with Crippen molar-refractivity contribution in [3.05, 3.63) is 23.8 Å². The zero-order valence-corrected chi connectivity index (χ0v) is 14.1. The number of imide groups is 1. The first-order valence-electron chi connectivity index (χ1n) is 7.51. The fraction of sp³-hybridized carbons (Fsp3) is 0.438. The van der Waals surface area contributed by atoms with Gasteiger partial charge in [-0.1, -0.05) is 13.0 Å². The molecule has 0 aromatic heterocycles. The average Bonchev–Trinajstić information content (AvgIpc) is 2.79. The molecule has 2 N–H and O–H groups in total. The summed E-state index contributed by atoms with van der Waals surface area (Å²) in [6, 6.07) is 4.41. The summed E-state index contributed by atoms with van der Waals surface area (Å²) in [6.45, 7) is 3.40. The van der Waals surface area contributed by atoms with Crippen LogP contribution in [0.2, 0.25) is 0 Å². The van der Waals surface area contributed by atoms with Gasteiger partial charge in [-0.2, -0.15) is 5.01 Å². The van der Waals surface area contributed by atoms with Crippen LogP contribution >= 0.6 is 0 Å². The average molecular weight is 335 g/mol. The van der Waals surface area contributed by atoms with Crippen molar-refractivity contribution in [1.29, 1.82) is 0 Å². The topological polar surface area (TPSA) is 97.0 Å². The Morgan fingerprint density at radius 2 is 2.00 bits per heavy atom. The molecule has 1 atom stereocenters. The largest absolute Gasteiger partial charge is 0.497 e. The molecule has 24 heavy (non-hydrogen) atoms. The number of urea groups is 1. The van der Waals surface area contributed by atoms with E-state index in [0.717, 1.165) is 5.01 Å². The summed E-state index contributed by atoms with van der Waals surface area (Å²) < 4.78 is 10.3. The van der Waals surface area contributed by atoms with Crippen LogP contribution in [0.1, 0.15) is 25.8 Å². The first kappa shape index (κ1) is 17.6. The van der Waals surface area contributed by atoms with E-state index in [4.69, 9.17) is 9.47 Å². The Morgan fingerprint density at radius 3 is 2.54 bits per heavy atom. The zero-order valence-electron chi connectivity index (χ0n) is 14.1. The first-order chi connectivity index (χ1) is 11.3. The Morgan fingerprint density at radius 1 is 1.29 bits per heavy atom. The van der Waals surface area contributed by atoms with Crippen molar-refractivity contribution < 1.29 is 23.9 Å². The number of carbonyl (C=O) groups is 3. The van der Waals surface area contributed by atoms with Gasteiger partial charge in [0.2, 0.25) is 5.91 Å². The molecule has 8 heteroatoms. The number of methoxy groups -OCH3 is 2. The molecule has 1 aliphatic heterocycles. The Bertz CT molecular complexity index is 676. The Kier molecular flexibility index (Phi) is 4.96. The number of rotatable bonds is 6. The second kappa shape index (κ2) is 6.77. The van der Waals surface area contributed by atoms with Crippen LogP contribution in [0.3, 0.4) is 0 Å². The van der Waals surface area contributed by atoms with Gasteiger partial charge in [-0.25, -0.2) is 4.79 Å². The second-order valence-electron chi connectivity index (χ2n) is 5.65. The van der Waals surface area contributed by atoms with E-state index in [2.05, 4.69) is 10.7 Å². The molecule has 0 spiro atoms. The van der Waals surface area contributed by atoms with E-state index in [1.165, 1.54) is 14.2 Å². The third kappa shape index (κ3) is 3.27. The molecule has 0 saturated carbocycles. The van der Waals surface area contributed by atoms with Gasteiger partial charge in [-0.05, 0) is 19.4 Å². The van der Waals surface area contributed by atoms with Crippen LogP contribution in [-0.2, 0) is 16.0 Å². The van der Waals surface area contributed by atoms with Gasteiger partial charge in [0.25, 0.3) is 5.91 Å². The monoisotopic (exact) mass is 335 g/mol. The van der Waals surface area contributed by atoms with E-state index in [-0.39, 0.29) is 6.42 Å². The van der Waals surface area contributed by atoms with E-state index in [9.17, 15) is 14.4 Å². The first-order valence-corrected chi connectivity index (χ1v) is 7.51. The summed E-state index contributed by atoms with van der Waals surface area (Å²) in [7, 11) is 3.02. The number of hydrazine groups is 1. The minimum Gasteiger partial charge on any atom is -0.497 e. The molecule has 4 amide bonds. The smallest absolute Gasteiger partial charge is 0.344 e. The summed E-state index contributed by atoms with van der Waals surface area (Å²) in [5.41, 5.74) is 1.96. The highest BCUT2D eigenvalue weighted by molar-refractivity contribution is 6.07. The van der Waals surface area contributed by atoms with Crippen LogP contribution in [0.15, 0.2) is 18.2 Å². The molecular weight excluding hydrogens is 314 g/mol. The van der Waals surface area contributed by atoms with Gasteiger partial charge in [0.1, 0.15) is 17.0 Å². The lowest BCUT2D eigenvalue weighted by atomic mass is 10.00. The number of amides is 4. The molecule has 0 radical (unpaired) electrons.